The van der Waals surface area contributed by atoms with Gasteiger partial charge >= 0.3 is 11.8 Å². The van der Waals surface area contributed by atoms with Crippen molar-refractivity contribution in [3.05, 3.63) is 87.1 Å². The van der Waals surface area contributed by atoms with E-state index in [0.717, 1.165) is 0 Å². The number of rotatable bonds is 7. The Kier molecular flexibility index (Phi) is 8.39. The molecule has 0 spiro atoms. The molecule has 3 rings (SSSR count). The lowest BCUT2D eigenvalue weighted by Gasteiger charge is -2.10. The van der Waals surface area contributed by atoms with Crippen molar-refractivity contribution in [2.45, 2.75) is 6.61 Å². The highest BCUT2D eigenvalue weighted by atomic mass is 79.9. The summed E-state index contributed by atoms with van der Waals surface area (Å²) in [6, 6.07) is 16.0. The smallest absolute Gasteiger partial charge is 0.329 e. The molecule has 0 radical (unpaired) electrons. The third-order valence-corrected chi connectivity index (χ3v) is 5.28. The third kappa shape index (κ3) is 6.77. The minimum absolute atomic E-state index is 0.0456. The molecule has 0 fully saturated rings. The van der Waals surface area contributed by atoms with Crippen LogP contribution in [-0.4, -0.2) is 25.1 Å². The molecule has 33 heavy (non-hydrogen) atoms. The molecular weight excluding hydrogens is 517 g/mol. The second-order valence-electron chi connectivity index (χ2n) is 6.56. The van der Waals surface area contributed by atoms with Gasteiger partial charge in [0.2, 0.25) is 0 Å². The van der Waals surface area contributed by atoms with E-state index in [1.54, 1.807) is 48.5 Å². The van der Waals surface area contributed by atoms with Crippen LogP contribution in [0.4, 0.5) is 10.1 Å². The summed E-state index contributed by atoms with van der Waals surface area (Å²) in [4.78, 5) is 23.9. The molecule has 3 aromatic carbocycles. The van der Waals surface area contributed by atoms with Gasteiger partial charge in [-0.05, 0) is 64.0 Å². The van der Waals surface area contributed by atoms with Gasteiger partial charge in [-0.2, -0.15) is 5.10 Å². The number of hydrazone groups is 1. The van der Waals surface area contributed by atoms with E-state index in [1.807, 2.05) is 0 Å². The molecule has 0 saturated heterocycles. The highest BCUT2D eigenvalue weighted by Crippen LogP contribution is 2.28. The van der Waals surface area contributed by atoms with E-state index in [1.165, 1.54) is 25.5 Å². The van der Waals surface area contributed by atoms with Crippen molar-refractivity contribution >= 4 is 51.2 Å². The van der Waals surface area contributed by atoms with Crippen molar-refractivity contribution in [2.24, 2.45) is 5.10 Å². The monoisotopic (exact) mass is 533 g/mol. The predicted octanol–water partition coefficient (Wildman–Crippen LogP) is 4.92. The number of nitrogens with zero attached hydrogens (tertiary/aromatic N) is 1. The number of carbonyl (C=O) groups is 2. The Hall–Kier alpha value is -3.43. The number of methoxy groups -OCH3 is 1. The standard InChI is InChI=1S/C23H18BrClFN3O4/c1-32-16-5-2-4-15(11-16)28-22(30)23(31)29-27-12-14-8-9-21(18(24)10-14)33-13-17-19(25)6-3-7-20(17)26/h2-12H,13H2,1H3,(H,28,30)(H,29,31)/b27-12-. The summed E-state index contributed by atoms with van der Waals surface area (Å²) in [5.41, 5.74) is 3.44. The fourth-order valence-corrected chi connectivity index (χ4v) is 3.37. The van der Waals surface area contributed by atoms with Crippen molar-refractivity contribution in [2.75, 3.05) is 12.4 Å². The fraction of sp³-hybridized carbons (Fsp3) is 0.0870. The van der Waals surface area contributed by atoms with E-state index in [0.29, 0.717) is 27.2 Å². The summed E-state index contributed by atoms with van der Waals surface area (Å²) in [6.07, 6.45) is 1.36. The first-order valence-corrected chi connectivity index (χ1v) is 10.7. The molecule has 0 heterocycles. The number of benzene rings is 3. The van der Waals surface area contributed by atoms with Gasteiger partial charge in [0.15, 0.2) is 0 Å². The molecular formula is C23H18BrClFN3O4. The minimum atomic E-state index is -0.935. The number of hydrogen-bond donors (Lipinski definition) is 2. The molecule has 0 atom stereocenters. The van der Waals surface area contributed by atoms with Gasteiger partial charge in [-0.15, -0.1) is 0 Å². The molecule has 2 N–H and O–H groups in total. The maximum atomic E-state index is 13.9. The SMILES string of the molecule is COc1cccc(NC(=O)C(=O)N/N=C\c2ccc(OCc3c(F)cccc3Cl)c(Br)c2)c1. The third-order valence-electron chi connectivity index (χ3n) is 4.30. The largest absolute Gasteiger partial charge is 0.497 e. The number of amides is 2. The van der Waals surface area contributed by atoms with Gasteiger partial charge in [-0.25, -0.2) is 9.82 Å². The van der Waals surface area contributed by atoms with Crippen molar-refractivity contribution in [1.29, 1.82) is 0 Å². The van der Waals surface area contributed by atoms with Crippen LogP contribution in [0.2, 0.25) is 5.02 Å². The van der Waals surface area contributed by atoms with E-state index in [9.17, 15) is 14.0 Å². The van der Waals surface area contributed by atoms with Crippen molar-refractivity contribution in [3.63, 3.8) is 0 Å². The fourth-order valence-electron chi connectivity index (χ4n) is 2.64. The molecule has 10 heteroatoms. The summed E-state index contributed by atoms with van der Waals surface area (Å²) >= 11 is 9.38. The minimum Gasteiger partial charge on any atom is -0.497 e. The second-order valence-corrected chi connectivity index (χ2v) is 7.83. The number of hydrogen-bond acceptors (Lipinski definition) is 5. The number of halogens is 3. The van der Waals surface area contributed by atoms with Crippen LogP contribution in [0.15, 0.2) is 70.2 Å². The van der Waals surface area contributed by atoms with E-state index in [4.69, 9.17) is 21.1 Å². The Balaban J connectivity index is 1.55. The average Bonchev–Trinajstić information content (AvgIpc) is 2.80. The molecule has 0 saturated carbocycles. The molecule has 0 aliphatic carbocycles. The number of anilines is 1. The highest BCUT2D eigenvalue weighted by molar-refractivity contribution is 9.10. The van der Waals surface area contributed by atoms with Crippen LogP contribution in [-0.2, 0) is 16.2 Å². The lowest BCUT2D eigenvalue weighted by atomic mass is 10.2. The summed E-state index contributed by atoms with van der Waals surface area (Å²) in [7, 11) is 1.50. The normalized spacial score (nSPS) is 10.7. The maximum absolute atomic E-state index is 13.9. The molecule has 3 aromatic rings. The molecule has 7 nitrogen and oxygen atoms in total. The topological polar surface area (TPSA) is 89.0 Å². The lowest BCUT2D eigenvalue weighted by Crippen LogP contribution is -2.32. The van der Waals surface area contributed by atoms with Gasteiger partial charge < -0.3 is 14.8 Å². The first kappa shape index (κ1) is 24.2. The average molecular weight is 535 g/mol. The zero-order valence-corrected chi connectivity index (χ0v) is 19.6. The molecule has 0 bridgehead atoms. The van der Waals surface area contributed by atoms with E-state index >= 15 is 0 Å². The van der Waals surface area contributed by atoms with Crippen LogP contribution < -0.4 is 20.2 Å². The molecule has 0 aliphatic rings. The number of ether oxygens (including phenoxy) is 2. The van der Waals surface area contributed by atoms with Gasteiger partial charge in [-0.1, -0.05) is 23.7 Å². The van der Waals surface area contributed by atoms with E-state index < -0.39 is 17.6 Å². The second kappa shape index (κ2) is 11.4. The summed E-state index contributed by atoms with van der Waals surface area (Å²) in [6.45, 7) is -0.0456. The zero-order chi connectivity index (χ0) is 23.8. The van der Waals surface area contributed by atoms with Gasteiger partial charge in [0.05, 0.1) is 22.8 Å². The molecule has 0 unspecified atom stereocenters. The van der Waals surface area contributed by atoms with Gasteiger partial charge in [0.1, 0.15) is 23.9 Å². The van der Waals surface area contributed by atoms with Gasteiger partial charge in [-0.3, -0.25) is 9.59 Å². The van der Waals surface area contributed by atoms with Crippen LogP contribution in [0, 0.1) is 5.82 Å². The maximum Gasteiger partial charge on any atom is 0.329 e. The molecule has 0 aromatic heterocycles. The van der Waals surface area contributed by atoms with Crippen molar-refractivity contribution in [1.82, 2.24) is 5.43 Å². The van der Waals surface area contributed by atoms with Crippen LogP contribution in [0.1, 0.15) is 11.1 Å². The first-order chi connectivity index (χ1) is 15.9. The first-order valence-electron chi connectivity index (χ1n) is 9.51. The molecule has 170 valence electrons. The number of nitrogens with one attached hydrogen (secondary N) is 2. The van der Waals surface area contributed by atoms with Gasteiger partial charge in [0.25, 0.3) is 0 Å². The van der Waals surface area contributed by atoms with Crippen LogP contribution in [0.5, 0.6) is 11.5 Å². The Labute approximate surface area is 202 Å². The van der Waals surface area contributed by atoms with Crippen LogP contribution in [0.25, 0.3) is 0 Å². The quantitative estimate of drug-likeness (QED) is 0.256. The Morgan fingerprint density at radius 2 is 1.91 bits per heavy atom. The Bertz CT molecular complexity index is 1190. The molecule has 2 amide bonds. The Morgan fingerprint density at radius 3 is 2.64 bits per heavy atom. The lowest BCUT2D eigenvalue weighted by molar-refractivity contribution is -0.136. The Morgan fingerprint density at radius 1 is 1.12 bits per heavy atom. The summed E-state index contributed by atoms with van der Waals surface area (Å²) < 4.78 is 25.2. The van der Waals surface area contributed by atoms with Crippen molar-refractivity contribution in [3.8, 4) is 11.5 Å². The predicted molar refractivity (Wildman–Crippen MR) is 127 cm³/mol. The summed E-state index contributed by atoms with van der Waals surface area (Å²) in [5, 5.41) is 6.52. The highest BCUT2D eigenvalue weighted by Gasteiger charge is 2.13. The zero-order valence-electron chi connectivity index (χ0n) is 17.3. The van der Waals surface area contributed by atoms with Gasteiger partial charge in [0, 0.05) is 17.3 Å². The van der Waals surface area contributed by atoms with Crippen LogP contribution >= 0.6 is 27.5 Å². The van der Waals surface area contributed by atoms with Crippen LogP contribution in [0.3, 0.4) is 0 Å². The summed E-state index contributed by atoms with van der Waals surface area (Å²) in [5.74, 6) is -1.25. The van der Waals surface area contributed by atoms with E-state index in [2.05, 4.69) is 31.8 Å². The van der Waals surface area contributed by atoms with E-state index in [-0.39, 0.29) is 17.2 Å². The number of carbonyl (C=O) groups excluding carboxylic acids is 2. The molecule has 0 aliphatic heterocycles. The van der Waals surface area contributed by atoms with Crippen molar-refractivity contribution < 1.29 is 23.5 Å².